The van der Waals surface area contributed by atoms with Gasteiger partial charge in [0, 0.05) is 43.9 Å². The van der Waals surface area contributed by atoms with E-state index in [0.717, 1.165) is 11.1 Å². The lowest BCUT2D eigenvalue weighted by Gasteiger charge is -2.19. The topological polar surface area (TPSA) is 49.9 Å². The van der Waals surface area contributed by atoms with Gasteiger partial charge in [-0.3, -0.25) is 0 Å². The van der Waals surface area contributed by atoms with Crippen LogP contribution in [0.2, 0.25) is 0 Å². The molecule has 0 atom stereocenters. The smallest absolute Gasteiger partial charge is 0.0429 e. The van der Waals surface area contributed by atoms with Crippen LogP contribution in [0.25, 0.3) is 43.8 Å². The van der Waals surface area contributed by atoms with Gasteiger partial charge in [0.1, 0.15) is 0 Å². The van der Waals surface area contributed by atoms with Crippen molar-refractivity contribution < 1.29 is 0 Å². The molecule has 4 heteroatoms. The summed E-state index contributed by atoms with van der Waals surface area (Å²) in [6, 6.07) is 59.7. The molecule has 1 heterocycles. The molecule has 61 heavy (non-hydrogen) atoms. The van der Waals surface area contributed by atoms with Crippen LogP contribution in [0, 0.1) is 12.3 Å². The molecule has 0 saturated heterocycles. The van der Waals surface area contributed by atoms with Crippen molar-refractivity contribution in [2.45, 2.75) is 54.9 Å². The largest absolute Gasteiger partial charge is 0.399 e. The van der Waals surface area contributed by atoms with Crippen molar-refractivity contribution in [1.82, 2.24) is 0 Å². The zero-order valence-corrected chi connectivity index (χ0v) is 38.7. The first-order chi connectivity index (χ1) is 29.8. The molecular weight excluding hydrogens is 776 g/mol. The fourth-order valence-corrected chi connectivity index (χ4v) is 10.5. The summed E-state index contributed by atoms with van der Waals surface area (Å²) in [5, 5.41) is 15.7. The van der Waals surface area contributed by atoms with E-state index in [1.165, 1.54) is 63.9 Å². The standard InChI is InChI=1S/C36H30NPS.C14H13N.C3H6.2C2H6/c1-4-12-32-35(36-30-18-11-13-24(2)34(30)31(25(3)37)23-33(36)39-32)26-19-21-29(22-20-26)38(27-14-7-5-8-15-27)28-16-9-6-10-17-28;15-14(13-9-5-2-6-10-13)11-12-7-3-1-4-8-12;1-3-2;2*1-2/h4-23H,3,37H2,1-2H3;1-10,15H,11H2;3H,1H2,2H3;2*1-2H3/b12-4-;;;;. The van der Waals surface area contributed by atoms with Crippen LogP contribution in [-0.2, 0) is 6.42 Å². The molecule has 0 radical (unpaired) electrons. The van der Waals surface area contributed by atoms with Gasteiger partial charge in [0.05, 0.1) is 0 Å². The van der Waals surface area contributed by atoms with Gasteiger partial charge in [-0.1, -0.05) is 210 Å². The lowest BCUT2D eigenvalue weighted by Crippen LogP contribution is -2.20. The lowest BCUT2D eigenvalue weighted by molar-refractivity contribution is 1.28. The third-order valence-electron chi connectivity index (χ3n) is 9.50. The summed E-state index contributed by atoms with van der Waals surface area (Å²) in [6.45, 7) is 21.6. The van der Waals surface area contributed by atoms with Gasteiger partial charge >= 0.3 is 0 Å². The zero-order valence-electron chi connectivity index (χ0n) is 37.0. The Morgan fingerprint density at radius 3 is 1.66 bits per heavy atom. The molecule has 0 aliphatic carbocycles. The summed E-state index contributed by atoms with van der Waals surface area (Å²) in [7, 11) is -0.644. The Kier molecular flexibility index (Phi) is 19.4. The number of nitrogens with one attached hydrogen (secondary N) is 1. The zero-order chi connectivity index (χ0) is 44.1. The quantitative estimate of drug-likeness (QED) is 0.0849. The van der Waals surface area contributed by atoms with Crippen molar-refractivity contribution in [1.29, 1.82) is 5.41 Å². The highest BCUT2D eigenvalue weighted by Crippen LogP contribution is 2.46. The van der Waals surface area contributed by atoms with Crippen molar-refractivity contribution >= 4 is 73.5 Å². The fourth-order valence-electron chi connectivity index (χ4n) is 7.00. The molecule has 0 aliphatic rings. The number of nitrogens with two attached hydrogens (primary N) is 1. The van der Waals surface area contributed by atoms with Crippen molar-refractivity contribution in [3.8, 4) is 11.1 Å². The van der Waals surface area contributed by atoms with E-state index >= 15 is 0 Å². The van der Waals surface area contributed by atoms with Gasteiger partial charge in [0.2, 0.25) is 0 Å². The SMILES string of the molecule is C=C(N)c1cc2sc(/C=C\C)c(-c3ccc(P(c4ccccc4)c4ccccc4)cc3)c2c2cccc(C)c12.C=CC.CC.CC.N=C(Cc1ccccc1)c1ccccc1. The summed E-state index contributed by atoms with van der Waals surface area (Å²) in [4.78, 5) is 1.26. The number of hydrogen-bond acceptors (Lipinski definition) is 3. The number of hydrogen-bond donors (Lipinski definition) is 2. The summed E-state index contributed by atoms with van der Waals surface area (Å²) in [5.41, 5.74) is 14.5. The Balaban J connectivity index is 0.000000309. The summed E-state index contributed by atoms with van der Waals surface area (Å²) < 4.78 is 1.23. The molecule has 0 amide bonds. The molecule has 0 saturated carbocycles. The maximum absolute atomic E-state index is 7.97. The normalized spacial score (nSPS) is 10.3. The van der Waals surface area contributed by atoms with Gasteiger partial charge in [-0.25, -0.2) is 0 Å². The first kappa shape index (κ1) is 47.6. The van der Waals surface area contributed by atoms with Crippen LogP contribution in [0.3, 0.4) is 0 Å². The van der Waals surface area contributed by atoms with Crippen molar-refractivity contribution in [2.24, 2.45) is 5.73 Å². The number of benzene rings is 7. The fraction of sp³-hybridized carbons (Fsp3) is 0.140. The highest BCUT2D eigenvalue weighted by atomic mass is 32.1. The van der Waals surface area contributed by atoms with E-state index in [1.54, 1.807) is 6.08 Å². The van der Waals surface area contributed by atoms with Crippen molar-refractivity contribution in [3.63, 3.8) is 0 Å². The Bertz CT molecular complexity index is 2570. The predicted octanol–water partition coefficient (Wildman–Crippen LogP) is 15.3. The number of rotatable bonds is 9. The van der Waals surface area contributed by atoms with Gasteiger partial charge in [-0.05, 0) is 89.8 Å². The van der Waals surface area contributed by atoms with Crippen molar-refractivity contribution in [3.05, 3.63) is 222 Å². The van der Waals surface area contributed by atoms with Crippen molar-refractivity contribution in [2.75, 3.05) is 0 Å². The first-order valence-corrected chi connectivity index (χ1v) is 23.3. The average Bonchev–Trinajstić information content (AvgIpc) is 3.68. The van der Waals surface area contributed by atoms with Crippen LogP contribution in [0.15, 0.2) is 195 Å². The van der Waals surface area contributed by atoms with Crippen LogP contribution < -0.4 is 21.6 Å². The Labute approximate surface area is 371 Å². The third kappa shape index (κ3) is 12.2. The van der Waals surface area contributed by atoms with Gasteiger partial charge in [0.15, 0.2) is 0 Å². The minimum absolute atomic E-state index is 0.610. The summed E-state index contributed by atoms with van der Waals surface area (Å²) in [5.74, 6) is 0. The number of aryl methyl sites for hydroxylation is 1. The maximum Gasteiger partial charge on any atom is 0.0429 e. The van der Waals surface area contributed by atoms with Crippen LogP contribution >= 0.6 is 19.3 Å². The molecule has 0 fully saturated rings. The Hall–Kier alpha value is -6.12. The second-order valence-corrected chi connectivity index (χ2v) is 16.9. The summed E-state index contributed by atoms with van der Waals surface area (Å²) >= 11 is 1.82. The average molecular weight is 837 g/mol. The number of thiophene rings is 1. The summed E-state index contributed by atoms with van der Waals surface area (Å²) in [6.07, 6.45) is 6.81. The van der Waals surface area contributed by atoms with Crippen LogP contribution in [-0.4, -0.2) is 5.71 Å². The first-order valence-electron chi connectivity index (χ1n) is 21.1. The van der Waals surface area contributed by atoms with E-state index in [0.29, 0.717) is 17.8 Å². The minimum Gasteiger partial charge on any atom is -0.399 e. The highest BCUT2D eigenvalue weighted by Gasteiger charge is 2.20. The molecule has 0 spiro atoms. The van der Waals surface area contributed by atoms with E-state index in [1.807, 2.05) is 94.5 Å². The van der Waals surface area contributed by atoms with Crippen LogP contribution in [0.1, 0.15) is 68.7 Å². The lowest BCUT2D eigenvalue weighted by atomic mass is 9.92. The molecule has 310 valence electrons. The molecule has 3 N–H and O–H groups in total. The second kappa shape index (κ2) is 24.8. The molecule has 7 aromatic carbocycles. The minimum atomic E-state index is -0.644. The van der Waals surface area contributed by atoms with Crippen LogP contribution in [0.5, 0.6) is 0 Å². The van der Waals surface area contributed by atoms with E-state index < -0.39 is 7.92 Å². The molecule has 8 aromatic rings. The number of fused-ring (bicyclic) bond motifs is 3. The van der Waals surface area contributed by atoms with Gasteiger partial charge in [0.25, 0.3) is 0 Å². The monoisotopic (exact) mass is 836 g/mol. The molecule has 8 rings (SSSR count). The molecular formula is C57H61N2PS. The Morgan fingerprint density at radius 1 is 0.656 bits per heavy atom. The predicted molar refractivity (Wildman–Crippen MR) is 278 cm³/mol. The van der Waals surface area contributed by atoms with E-state index in [2.05, 4.69) is 160 Å². The molecule has 1 aromatic heterocycles. The van der Waals surface area contributed by atoms with Gasteiger partial charge in [-0.2, -0.15) is 0 Å². The van der Waals surface area contributed by atoms with E-state index in [-0.39, 0.29) is 0 Å². The van der Waals surface area contributed by atoms with E-state index in [9.17, 15) is 0 Å². The van der Waals surface area contributed by atoms with Crippen LogP contribution in [0.4, 0.5) is 0 Å². The molecule has 0 unspecified atom stereocenters. The number of allylic oxidation sites excluding steroid dienone is 2. The Morgan fingerprint density at radius 2 is 1.15 bits per heavy atom. The van der Waals surface area contributed by atoms with Gasteiger partial charge in [-0.15, -0.1) is 17.9 Å². The van der Waals surface area contributed by atoms with Gasteiger partial charge < -0.3 is 11.1 Å². The second-order valence-electron chi connectivity index (χ2n) is 13.6. The maximum atomic E-state index is 7.97. The van der Waals surface area contributed by atoms with E-state index in [4.69, 9.17) is 11.1 Å². The molecule has 0 bridgehead atoms. The molecule has 0 aliphatic heterocycles. The highest BCUT2D eigenvalue weighted by molar-refractivity contribution is 7.79. The molecule has 2 nitrogen and oxygen atoms in total. The third-order valence-corrected chi connectivity index (χ3v) is 13.0.